The molecule has 2 rings (SSSR count). The van der Waals surface area contributed by atoms with Gasteiger partial charge < -0.3 is 10.7 Å². The van der Waals surface area contributed by atoms with Crippen LogP contribution in [0.4, 0.5) is 5.82 Å². The van der Waals surface area contributed by atoms with Gasteiger partial charge in [0.25, 0.3) is 5.56 Å². The summed E-state index contributed by atoms with van der Waals surface area (Å²) in [6.45, 7) is 2.06. The molecule has 0 fully saturated rings. The Balaban J connectivity index is 2.09. The standard InChI is InChI=1S/C13H16N4OS/c1-2-4-9-7-12(18)17-13(16-9)19-8-10-5-3-6-11(14)15-10/h3,5-7H,2,4,8H2,1H3,(H2,14,15)(H,16,17,18). The van der Waals surface area contributed by atoms with E-state index in [2.05, 4.69) is 21.9 Å². The van der Waals surface area contributed by atoms with E-state index in [9.17, 15) is 4.79 Å². The molecule has 0 atom stereocenters. The highest BCUT2D eigenvalue weighted by molar-refractivity contribution is 7.98. The maximum absolute atomic E-state index is 11.5. The quantitative estimate of drug-likeness (QED) is 0.644. The van der Waals surface area contributed by atoms with E-state index in [4.69, 9.17) is 5.73 Å². The zero-order valence-electron chi connectivity index (χ0n) is 10.7. The zero-order chi connectivity index (χ0) is 13.7. The number of H-pyrrole nitrogens is 1. The molecule has 0 amide bonds. The summed E-state index contributed by atoms with van der Waals surface area (Å²) in [4.78, 5) is 22.9. The maximum Gasteiger partial charge on any atom is 0.251 e. The number of pyridine rings is 1. The second-order valence-corrected chi connectivity index (χ2v) is 5.10. The fourth-order valence-corrected chi connectivity index (χ4v) is 2.46. The number of thioether (sulfide) groups is 1. The van der Waals surface area contributed by atoms with Crippen molar-refractivity contribution in [3.05, 3.63) is 46.0 Å². The SMILES string of the molecule is CCCc1cc(=O)[nH]c(SCc2cccc(N)n2)n1. The lowest BCUT2D eigenvalue weighted by molar-refractivity contribution is 0.815. The van der Waals surface area contributed by atoms with E-state index in [1.165, 1.54) is 11.8 Å². The van der Waals surface area contributed by atoms with Crippen molar-refractivity contribution in [2.45, 2.75) is 30.7 Å². The number of nitrogens with one attached hydrogen (secondary N) is 1. The molecule has 6 heteroatoms. The van der Waals surface area contributed by atoms with Crippen molar-refractivity contribution in [1.29, 1.82) is 0 Å². The van der Waals surface area contributed by atoms with Crippen LogP contribution in [0.15, 0.2) is 34.2 Å². The lowest BCUT2D eigenvalue weighted by Crippen LogP contribution is -2.10. The summed E-state index contributed by atoms with van der Waals surface area (Å²) in [5.41, 5.74) is 7.21. The number of anilines is 1. The molecule has 19 heavy (non-hydrogen) atoms. The Morgan fingerprint density at radius 2 is 2.16 bits per heavy atom. The van der Waals surface area contributed by atoms with E-state index in [-0.39, 0.29) is 5.56 Å². The molecule has 0 spiro atoms. The van der Waals surface area contributed by atoms with Crippen LogP contribution in [0.1, 0.15) is 24.7 Å². The van der Waals surface area contributed by atoms with Crippen LogP contribution in [0.25, 0.3) is 0 Å². The van der Waals surface area contributed by atoms with Crippen LogP contribution in [0.5, 0.6) is 0 Å². The minimum Gasteiger partial charge on any atom is -0.384 e. The number of aromatic amines is 1. The fourth-order valence-electron chi connectivity index (χ4n) is 1.66. The summed E-state index contributed by atoms with van der Waals surface area (Å²) in [6.07, 6.45) is 1.78. The minimum atomic E-state index is -0.110. The predicted molar refractivity (Wildman–Crippen MR) is 77.1 cm³/mol. The van der Waals surface area contributed by atoms with E-state index >= 15 is 0 Å². The molecule has 0 aromatic carbocycles. The molecule has 0 saturated heterocycles. The van der Waals surface area contributed by atoms with Crippen LogP contribution in [-0.2, 0) is 12.2 Å². The molecule has 2 aromatic rings. The first-order chi connectivity index (χ1) is 9.17. The summed E-state index contributed by atoms with van der Waals surface area (Å²) >= 11 is 1.45. The van der Waals surface area contributed by atoms with Gasteiger partial charge in [-0.25, -0.2) is 9.97 Å². The van der Waals surface area contributed by atoms with Crippen molar-refractivity contribution in [2.24, 2.45) is 0 Å². The van der Waals surface area contributed by atoms with E-state index < -0.39 is 0 Å². The third-order valence-electron chi connectivity index (χ3n) is 2.46. The Labute approximate surface area is 115 Å². The maximum atomic E-state index is 11.5. The Morgan fingerprint density at radius 1 is 1.32 bits per heavy atom. The molecule has 3 N–H and O–H groups in total. The van der Waals surface area contributed by atoms with Crippen molar-refractivity contribution >= 4 is 17.6 Å². The topological polar surface area (TPSA) is 84.7 Å². The smallest absolute Gasteiger partial charge is 0.251 e. The Kier molecular flexibility index (Phi) is 4.57. The first-order valence-corrected chi connectivity index (χ1v) is 7.10. The number of hydrogen-bond acceptors (Lipinski definition) is 5. The number of hydrogen-bond donors (Lipinski definition) is 2. The minimum absolute atomic E-state index is 0.110. The van der Waals surface area contributed by atoms with Crippen molar-refractivity contribution < 1.29 is 0 Å². The second kappa shape index (κ2) is 6.38. The number of nitrogens with two attached hydrogens (primary N) is 1. The van der Waals surface area contributed by atoms with E-state index in [0.29, 0.717) is 16.7 Å². The predicted octanol–water partition coefficient (Wildman–Crippen LogP) is 1.99. The summed E-state index contributed by atoms with van der Waals surface area (Å²) in [7, 11) is 0. The molecule has 100 valence electrons. The molecule has 0 unspecified atom stereocenters. The van der Waals surface area contributed by atoms with Crippen LogP contribution >= 0.6 is 11.8 Å². The Morgan fingerprint density at radius 3 is 2.89 bits per heavy atom. The van der Waals surface area contributed by atoms with Gasteiger partial charge in [-0.15, -0.1) is 0 Å². The molecule has 2 heterocycles. The zero-order valence-corrected chi connectivity index (χ0v) is 11.5. The highest BCUT2D eigenvalue weighted by atomic mass is 32.2. The van der Waals surface area contributed by atoms with Crippen LogP contribution in [-0.4, -0.2) is 15.0 Å². The molecule has 0 aliphatic carbocycles. The highest BCUT2D eigenvalue weighted by Crippen LogP contribution is 2.17. The number of rotatable bonds is 5. The summed E-state index contributed by atoms with van der Waals surface area (Å²) in [6, 6.07) is 7.06. The summed E-state index contributed by atoms with van der Waals surface area (Å²) in [5.74, 6) is 1.13. The van der Waals surface area contributed by atoms with Gasteiger partial charge in [-0.1, -0.05) is 31.2 Å². The lowest BCUT2D eigenvalue weighted by atomic mass is 10.2. The van der Waals surface area contributed by atoms with Gasteiger partial charge in [0, 0.05) is 17.5 Å². The normalized spacial score (nSPS) is 10.6. The van der Waals surface area contributed by atoms with Gasteiger partial charge in [0.2, 0.25) is 0 Å². The monoisotopic (exact) mass is 276 g/mol. The van der Waals surface area contributed by atoms with E-state index in [0.717, 1.165) is 24.2 Å². The van der Waals surface area contributed by atoms with Gasteiger partial charge in [-0.05, 0) is 18.6 Å². The molecule has 2 aromatic heterocycles. The summed E-state index contributed by atoms with van der Waals surface area (Å²) < 4.78 is 0. The first kappa shape index (κ1) is 13.6. The van der Waals surface area contributed by atoms with Crippen molar-refractivity contribution in [2.75, 3.05) is 5.73 Å². The average molecular weight is 276 g/mol. The third kappa shape index (κ3) is 4.10. The van der Waals surface area contributed by atoms with Gasteiger partial charge in [0.15, 0.2) is 5.16 Å². The van der Waals surface area contributed by atoms with E-state index in [1.807, 2.05) is 12.1 Å². The largest absolute Gasteiger partial charge is 0.384 e. The van der Waals surface area contributed by atoms with Crippen LogP contribution in [0, 0.1) is 0 Å². The van der Waals surface area contributed by atoms with Gasteiger partial charge in [-0.3, -0.25) is 4.79 Å². The number of aromatic nitrogens is 3. The van der Waals surface area contributed by atoms with Gasteiger partial charge >= 0.3 is 0 Å². The molecule has 0 saturated carbocycles. The molecule has 0 aliphatic rings. The molecule has 0 radical (unpaired) electrons. The van der Waals surface area contributed by atoms with Crippen LogP contribution in [0.2, 0.25) is 0 Å². The van der Waals surface area contributed by atoms with E-state index in [1.54, 1.807) is 12.1 Å². The van der Waals surface area contributed by atoms with Crippen molar-refractivity contribution in [1.82, 2.24) is 15.0 Å². The van der Waals surface area contributed by atoms with Crippen LogP contribution < -0.4 is 11.3 Å². The molecule has 0 bridgehead atoms. The number of nitrogens with zero attached hydrogens (tertiary/aromatic N) is 2. The van der Waals surface area contributed by atoms with Gasteiger partial charge in [-0.2, -0.15) is 0 Å². The highest BCUT2D eigenvalue weighted by Gasteiger charge is 2.03. The molecular formula is C13H16N4OS. The number of aryl methyl sites for hydroxylation is 1. The first-order valence-electron chi connectivity index (χ1n) is 6.12. The Hall–Kier alpha value is -1.82. The van der Waals surface area contributed by atoms with Crippen molar-refractivity contribution in [3.63, 3.8) is 0 Å². The Bertz CT molecular complexity index is 612. The lowest BCUT2D eigenvalue weighted by Gasteiger charge is -2.03. The number of nitrogen functional groups attached to an aromatic ring is 1. The molecule has 0 aliphatic heterocycles. The van der Waals surface area contributed by atoms with Gasteiger partial charge in [0.05, 0.1) is 5.69 Å². The van der Waals surface area contributed by atoms with Crippen molar-refractivity contribution in [3.8, 4) is 0 Å². The third-order valence-corrected chi connectivity index (χ3v) is 3.37. The van der Waals surface area contributed by atoms with Gasteiger partial charge in [0.1, 0.15) is 5.82 Å². The van der Waals surface area contributed by atoms with Crippen LogP contribution in [0.3, 0.4) is 0 Å². The molecular weight excluding hydrogens is 260 g/mol. The fraction of sp³-hybridized carbons (Fsp3) is 0.308. The molecule has 5 nitrogen and oxygen atoms in total. The average Bonchev–Trinajstić information content (AvgIpc) is 2.36. The summed E-state index contributed by atoms with van der Waals surface area (Å²) in [5, 5.41) is 0.625. The second-order valence-electron chi connectivity index (χ2n) is 4.13.